The highest BCUT2D eigenvalue weighted by atomic mass is 32.2. The Hall–Kier alpha value is -3.12. The average Bonchev–Trinajstić information content (AvgIpc) is 3.21. The van der Waals surface area contributed by atoms with Gasteiger partial charge in [-0.05, 0) is 12.1 Å². The van der Waals surface area contributed by atoms with Gasteiger partial charge in [-0.15, -0.1) is 5.10 Å². The van der Waals surface area contributed by atoms with Crippen molar-refractivity contribution in [1.82, 2.24) is 19.9 Å². The fourth-order valence-corrected chi connectivity index (χ4v) is 4.13. The van der Waals surface area contributed by atoms with E-state index in [0.29, 0.717) is 25.7 Å². The van der Waals surface area contributed by atoms with E-state index in [1.165, 1.54) is 4.90 Å². The molecule has 1 saturated heterocycles. The van der Waals surface area contributed by atoms with E-state index in [-0.39, 0.29) is 13.1 Å². The number of rotatable bonds is 6. The molecule has 12 heteroatoms. The zero-order chi connectivity index (χ0) is 22.9. The molecular formula is C20H21F3N6O2S. The number of nitrogens with zero attached hydrogens (tertiary/aromatic N) is 5. The first kappa shape index (κ1) is 22.1. The molecule has 1 N–H and O–H groups in total. The number of aromatic nitrogens is 3. The third-order valence-corrected chi connectivity index (χ3v) is 5.65. The molecule has 0 spiro atoms. The monoisotopic (exact) mass is 466 g/mol. The van der Waals surface area contributed by atoms with E-state index in [4.69, 9.17) is 0 Å². The van der Waals surface area contributed by atoms with Crippen molar-refractivity contribution in [2.24, 2.45) is 0 Å². The summed E-state index contributed by atoms with van der Waals surface area (Å²) in [4.78, 5) is 3.42. The summed E-state index contributed by atoms with van der Waals surface area (Å²) < 4.78 is 69.6. The van der Waals surface area contributed by atoms with Crippen LogP contribution in [0.5, 0.6) is 0 Å². The molecule has 1 aliphatic rings. The lowest BCUT2D eigenvalue weighted by Crippen LogP contribution is -2.46. The predicted octanol–water partition coefficient (Wildman–Crippen LogP) is 2.38. The van der Waals surface area contributed by atoms with E-state index in [1.807, 2.05) is 46.2 Å². The maximum atomic E-state index is 14.8. The van der Waals surface area contributed by atoms with Crippen LogP contribution in [-0.2, 0) is 16.6 Å². The Bertz CT molecular complexity index is 1210. The molecule has 0 saturated carbocycles. The second-order valence-electron chi connectivity index (χ2n) is 7.51. The summed E-state index contributed by atoms with van der Waals surface area (Å²) in [5.41, 5.74) is 0.420. The Morgan fingerprint density at radius 2 is 1.72 bits per heavy atom. The zero-order valence-electron chi connectivity index (χ0n) is 17.2. The lowest BCUT2D eigenvalue weighted by molar-refractivity contribution is 0.245. The van der Waals surface area contributed by atoms with Crippen molar-refractivity contribution in [3.05, 3.63) is 65.7 Å². The largest absolute Gasteiger partial charge is 0.364 e. The van der Waals surface area contributed by atoms with Crippen molar-refractivity contribution < 1.29 is 21.6 Å². The molecule has 0 atom stereocenters. The molecule has 2 aromatic carbocycles. The van der Waals surface area contributed by atoms with Gasteiger partial charge in [-0.3, -0.25) is 9.62 Å². The first-order valence-electron chi connectivity index (χ1n) is 9.80. The van der Waals surface area contributed by atoms with Crippen LogP contribution in [0.4, 0.5) is 24.5 Å². The average molecular weight is 466 g/mol. The van der Waals surface area contributed by atoms with Crippen LogP contribution in [0.1, 0.15) is 5.69 Å². The van der Waals surface area contributed by atoms with Gasteiger partial charge in [0.2, 0.25) is 10.0 Å². The number of nitrogens with one attached hydrogen (secondary N) is 1. The van der Waals surface area contributed by atoms with Crippen LogP contribution in [0.25, 0.3) is 5.69 Å². The van der Waals surface area contributed by atoms with E-state index in [9.17, 15) is 21.6 Å². The zero-order valence-corrected chi connectivity index (χ0v) is 18.0. The highest BCUT2D eigenvalue weighted by molar-refractivity contribution is 7.92. The van der Waals surface area contributed by atoms with Crippen LogP contribution in [0.15, 0.2) is 42.6 Å². The summed E-state index contributed by atoms with van der Waals surface area (Å²) >= 11 is 0. The van der Waals surface area contributed by atoms with Crippen LogP contribution in [0.2, 0.25) is 0 Å². The minimum atomic E-state index is -3.86. The highest BCUT2D eigenvalue weighted by Gasteiger charge is 2.28. The van der Waals surface area contributed by atoms with Gasteiger partial charge < -0.3 is 4.90 Å². The van der Waals surface area contributed by atoms with Gasteiger partial charge in [0.05, 0.1) is 29.5 Å². The van der Waals surface area contributed by atoms with Gasteiger partial charge in [0, 0.05) is 38.8 Å². The van der Waals surface area contributed by atoms with Gasteiger partial charge in [0.1, 0.15) is 5.69 Å². The van der Waals surface area contributed by atoms with E-state index in [0.717, 1.165) is 17.6 Å². The smallest absolute Gasteiger partial charge is 0.229 e. The predicted molar refractivity (Wildman–Crippen MR) is 114 cm³/mol. The summed E-state index contributed by atoms with van der Waals surface area (Å²) in [5.74, 6) is -3.82. The molecule has 1 fully saturated rings. The summed E-state index contributed by atoms with van der Waals surface area (Å²) in [6.45, 7) is 1.84. The van der Waals surface area contributed by atoms with Crippen molar-refractivity contribution in [2.75, 3.05) is 42.1 Å². The fraction of sp³-hybridized carbons (Fsp3) is 0.300. The van der Waals surface area contributed by atoms with Crippen molar-refractivity contribution in [2.45, 2.75) is 6.54 Å². The van der Waals surface area contributed by atoms with Crippen LogP contribution < -0.4 is 9.62 Å². The van der Waals surface area contributed by atoms with E-state index >= 15 is 0 Å². The molecule has 8 nitrogen and oxygen atoms in total. The molecule has 3 aromatic rings. The summed E-state index contributed by atoms with van der Waals surface area (Å²) in [5, 5.41) is 8.29. The Kier molecular flexibility index (Phi) is 6.07. The molecule has 1 aliphatic heterocycles. The third-order valence-electron chi connectivity index (χ3n) is 5.06. The normalized spacial score (nSPS) is 15.2. The minimum Gasteiger partial charge on any atom is -0.364 e. The second kappa shape index (κ2) is 8.79. The van der Waals surface area contributed by atoms with Crippen LogP contribution >= 0.6 is 0 Å². The quantitative estimate of drug-likeness (QED) is 0.562. The number of halogens is 3. The maximum absolute atomic E-state index is 14.8. The molecule has 0 amide bonds. The molecule has 32 heavy (non-hydrogen) atoms. The third kappa shape index (κ3) is 4.86. The number of anilines is 2. The SMILES string of the molecule is CS(=O)(=O)Nc1cc(F)c(F)c(N2CCN(Cc3cn(-c4ccccc4)nn3)CC2)c1F. The van der Waals surface area contributed by atoms with Crippen molar-refractivity contribution in [1.29, 1.82) is 0 Å². The van der Waals surface area contributed by atoms with Crippen LogP contribution in [0.3, 0.4) is 0 Å². The fourth-order valence-electron chi connectivity index (χ4n) is 3.58. The van der Waals surface area contributed by atoms with Gasteiger partial charge in [0.25, 0.3) is 0 Å². The van der Waals surface area contributed by atoms with Gasteiger partial charge in [0.15, 0.2) is 17.5 Å². The molecule has 1 aromatic heterocycles. The number of para-hydroxylation sites is 1. The minimum absolute atomic E-state index is 0.225. The Morgan fingerprint density at radius 1 is 1.03 bits per heavy atom. The standard InChI is InChI=1S/C20H21F3N6O2S/c1-32(30,31)25-17-11-16(21)18(22)20(19(17)23)28-9-7-27(8-10-28)12-14-13-29(26-24-14)15-5-3-2-4-6-15/h2-6,11,13,25H,7-10,12H2,1H3. The molecule has 0 bridgehead atoms. The summed E-state index contributed by atoms with van der Waals surface area (Å²) in [6, 6.07) is 10.0. The van der Waals surface area contributed by atoms with E-state index < -0.39 is 38.8 Å². The highest BCUT2D eigenvalue weighted by Crippen LogP contribution is 2.32. The molecule has 0 unspecified atom stereocenters. The van der Waals surface area contributed by atoms with E-state index in [2.05, 4.69) is 10.3 Å². The number of sulfonamides is 1. The van der Waals surface area contributed by atoms with Gasteiger partial charge in [-0.1, -0.05) is 23.4 Å². The van der Waals surface area contributed by atoms with Crippen molar-refractivity contribution in [3.8, 4) is 5.69 Å². The first-order valence-corrected chi connectivity index (χ1v) is 11.7. The van der Waals surface area contributed by atoms with Crippen LogP contribution in [0, 0.1) is 17.5 Å². The summed E-state index contributed by atoms with van der Waals surface area (Å²) in [7, 11) is -3.86. The van der Waals surface area contributed by atoms with Gasteiger partial charge in [-0.2, -0.15) is 0 Å². The molecule has 2 heterocycles. The lowest BCUT2D eigenvalue weighted by atomic mass is 10.2. The molecule has 0 radical (unpaired) electrons. The Morgan fingerprint density at radius 3 is 2.38 bits per heavy atom. The number of benzene rings is 2. The van der Waals surface area contributed by atoms with Crippen molar-refractivity contribution in [3.63, 3.8) is 0 Å². The van der Waals surface area contributed by atoms with Gasteiger partial charge >= 0.3 is 0 Å². The van der Waals surface area contributed by atoms with Gasteiger partial charge in [-0.25, -0.2) is 26.3 Å². The topological polar surface area (TPSA) is 83.4 Å². The Balaban J connectivity index is 1.45. The molecular weight excluding hydrogens is 445 g/mol. The second-order valence-corrected chi connectivity index (χ2v) is 9.26. The van der Waals surface area contributed by atoms with E-state index in [1.54, 1.807) is 4.68 Å². The number of piperazine rings is 1. The molecule has 0 aliphatic carbocycles. The lowest BCUT2D eigenvalue weighted by Gasteiger charge is -2.36. The number of hydrogen-bond acceptors (Lipinski definition) is 6. The summed E-state index contributed by atoms with van der Waals surface area (Å²) in [6.07, 6.45) is 2.62. The molecule has 170 valence electrons. The van der Waals surface area contributed by atoms with Crippen LogP contribution in [-0.4, -0.2) is 60.7 Å². The first-order chi connectivity index (χ1) is 15.2. The number of hydrogen-bond donors (Lipinski definition) is 1. The molecule has 4 rings (SSSR count). The van der Waals surface area contributed by atoms with Crippen molar-refractivity contribution >= 4 is 21.4 Å². The Labute approximate surface area is 183 Å². The maximum Gasteiger partial charge on any atom is 0.229 e.